The minimum Gasteiger partial charge on any atom is -0.369 e. The van der Waals surface area contributed by atoms with Gasteiger partial charge < -0.3 is 21.3 Å². The number of urea groups is 1. The molecular formula is C26H34Cl2N4O2. The smallest absolute Gasteiger partial charge is 0.319 e. The Morgan fingerprint density at radius 1 is 1.06 bits per heavy atom. The van der Waals surface area contributed by atoms with E-state index in [0.29, 0.717) is 27.6 Å². The minimum absolute atomic E-state index is 0.0282. The molecule has 6 nitrogen and oxygen atoms in total. The number of nitrogens with zero attached hydrogens (tertiary/aromatic N) is 1. The molecule has 0 saturated carbocycles. The van der Waals surface area contributed by atoms with Gasteiger partial charge in [0.15, 0.2) is 0 Å². The summed E-state index contributed by atoms with van der Waals surface area (Å²) < 4.78 is 0. The molecule has 0 unspecified atom stereocenters. The van der Waals surface area contributed by atoms with E-state index in [4.69, 9.17) is 28.9 Å². The number of carbonyl (C=O) groups is 2. The number of nitrogens with two attached hydrogens (primary N) is 1. The predicted octanol–water partition coefficient (Wildman–Crippen LogP) is 5.12. The number of piperidine rings is 1. The molecule has 3 amide bonds. The molecule has 4 N–H and O–H groups in total. The van der Waals surface area contributed by atoms with E-state index in [1.807, 2.05) is 18.2 Å². The van der Waals surface area contributed by atoms with Crippen LogP contribution in [0.2, 0.25) is 10.0 Å². The Morgan fingerprint density at radius 3 is 2.44 bits per heavy atom. The fraction of sp³-hybridized carbons (Fsp3) is 0.462. The summed E-state index contributed by atoms with van der Waals surface area (Å²) in [4.78, 5) is 26.2. The van der Waals surface area contributed by atoms with Crippen molar-refractivity contribution < 1.29 is 9.59 Å². The van der Waals surface area contributed by atoms with Gasteiger partial charge in [0.05, 0.1) is 16.5 Å². The molecule has 3 rings (SSSR count). The number of rotatable bonds is 9. The number of likely N-dealkylation sites (tertiary alicyclic amines) is 1. The van der Waals surface area contributed by atoms with E-state index in [-0.39, 0.29) is 18.5 Å². The minimum atomic E-state index is -0.401. The van der Waals surface area contributed by atoms with E-state index >= 15 is 0 Å². The highest BCUT2D eigenvalue weighted by atomic mass is 35.5. The van der Waals surface area contributed by atoms with Gasteiger partial charge in [0, 0.05) is 18.3 Å². The molecule has 1 aliphatic heterocycles. The zero-order valence-corrected chi connectivity index (χ0v) is 21.3. The molecule has 1 saturated heterocycles. The summed E-state index contributed by atoms with van der Waals surface area (Å²) in [6, 6.07) is 12.9. The van der Waals surface area contributed by atoms with Crippen molar-refractivity contribution in [1.82, 2.24) is 10.2 Å². The van der Waals surface area contributed by atoms with Crippen LogP contribution in [0.5, 0.6) is 0 Å². The molecule has 0 aromatic heterocycles. The van der Waals surface area contributed by atoms with Gasteiger partial charge in [-0.25, -0.2) is 4.79 Å². The number of nitrogens with one attached hydrogen (secondary N) is 2. The number of amides is 3. The van der Waals surface area contributed by atoms with Gasteiger partial charge in [-0.1, -0.05) is 55.2 Å². The van der Waals surface area contributed by atoms with E-state index in [0.717, 1.165) is 44.5 Å². The quantitative estimate of drug-likeness (QED) is 0.442. The van der Waals surface area contributed by atoms with Crippen molar-refractivity contribution in [3.63, 3.8) is 0 Å². The lowest BCUT2D eigenvalue weighted by Gasteiger charge is -2.35. The average Bonchev–Trinajstić information content (AvgIpc) is 2.77. The molecule has 1 atom stereocenters. The first-order valence-electron chi connectivity index (χ1n) is 11.8. The number of halogens is 2. The van der Waals surface area contributed by atoms with Gasteiger partial charge in [0.25, 0.3) is 0 Å². The Hall–Kier alpha value is -2.28. The highest BCUT2D eigenvalue weighted by Gasteiger charge is 2.24. The van der Waals surface area contributed by atoms with Gasteiger partial charge in [-0.05, 0) is 79.6 Å². The van der Waals surface area contributed by atoms with Crippen molar-refractivity contribution >= 4 is 40.8 Å². The molecule has 34 heavy (non-hydrogen) atoms. The van der Waals surface area contributed by atoms with Gasteiger partial charge in [0.2, 0.25) is 5.91 Å². The maximum Gasteiger partial charge on any atom is 0.319 e. The van der Waals surface area contributed by atoms with Crippen LogP contribution in [0.4, 0.5) is 10.5 Å². The van der Waals surface area contributed by atoms with E-state index in [9.17, 15) is 9.59 Å². The van der Waals surface area contributed by atoms with Crippen LogP contribution in [0.25, 0.3) is 0 Å². The second kappa shape index (κ2) is 12.4. The maximum absolute atomic E-state index is 12.7. The molecule has 2 aromatic carbocycles. The van der Waals surface area contributed by atoms with Crippen molar-refractivity contribution in [3.8, 4) is 0 Å². The van der Waals surface area contributed by atoms with Crippen LogP contribution in [0, 0.1) is 11.8 Å². The van der Waals surface area contributed by atoms with Gasteiger partial charge in [-0.2, -0.15) is 0 Å². The van der Waals surface area contributed by atoms with Crippen LogP contribution in [-0.4, -0.2) is 42.5 Å². The third-order valence-electron chi connectivity index (χ3n) is 6.35. The van der Waals surface area contributed by atoms with Crippen LogP contribution in [0.15, 0.2) is 42.5 Å². The molecule has 1 fully saturated rings. The lowest BCUT2D eigenvalue weighted by molar-refractivity contribution is -0.117. The summed E-state index contributed by atoms with van der Waals surface area (Å²) in [6.07, 6.45) is 3.38. The lowest BCUT2D eigenvalue weighted by Crippen LogP contribution is -2.49. The Balaban J connectivity index is 1.48. The number of anilines is 1. The number of primary amides is 1. The zero-order chi connectivity index (χ0) is 24.7. The van der Waals surface area contributed by atoms with Crippen LogP contribution >= 0.6 is 23.2 Å². The van der Waals surface area contributed by atoms with Crippen molar-refractivity contribution in [2.75, 3.05) is 25.0 Å². The molecule has 0 bridgehead atoms. The highest BCUT2D eigenvalue weighted by molar-refractivity contribution is 6.42. The van der Waals surface area contributed by atoms with Crippen LogP contribution in [0.1, 0.15) is 37.8 Å². The molecule has 1 aliphatic rings. The number of hydrogen-bond acceptors (Lipinski definition) is 3. The maximum atomic E-state index is 12.7. The summed E-state index contributed by atoms with van der Waals surface area (Å²) in [5.41, 5.74) is 7.91. The lowest BCUT2D eigenvalue weighted by atomic mass is 9.89. The Kier molecular flexibility index (Phi) is 9.63. The van der Waals surface area contributed by atoms with Crippen LogP contribution < -0.4 is 16.4 Å². The van der Waals surface area contributed by atoms with Gasteiger partial charge in [-0.15, -0.1) is 0 Å². The third-order valence-corrected chi connectivity index (χ3v) is 7.09. The number of hydrogen-bond donors (Lipinski definition) is 3. The monoisotopic (exact) mass is 504 g/mol. The second-order valence-corrected chi connectivity index (χ2v) is 10.3. The zero-order valence-electron chi connectivity index (χ0n) is 19.8. The van der Waals surface area contributed by atoms with Crippen LogP contribution in [-0.2, 0) is 17.6 Å². The molecule has 8 heteroatoms. The molecule has 1 heterocycles. The molecular weight excluding hydrogens is 471 g/mol. The topological polar surface area (TPSA) is 87.5 Å². The van der Waals surface area contributed by atoms with E-state index in [1.54, 1.807) is 18.2 Å². The summed E-state index contributed by atoms with van der Waals surface area (Å²) in [7, 11) is 0. The molecule has 2 aromatic rings. The second-order valence-electron chi connectivity index (χ2n) is 9.49. The molecule has 0 aliphatic carbocycles. The van der Waals surface area contributed by atoms with Crippen molar-refractivity contribution in [3.05, 3.63) is 63.6 Å². The first-order chi connectivity index (χ1) is 16.2. The fourth-order valence-electron chi connectivity index (χ4n) is 4.37. The molecule has 0 radical (unpaired) electrons. The summed E-state index contributed by atoms with van der Waals surface area (Å²) >= 11 is 12.2. The van der Waals surface area contributed by atoms with Crippen molar-refractivity contribution in [2.45, 2.75) is 45.6 Å². The van der Waals surface area contributed by atoms with Crippen molar-refractivity contribution in [1.29, 1.82) is 0 Å². The van der Waals surface area contributed by atoms with E-state index in [1.165, 1.54) is 5.56 Å². The fourth-order valence-corrected chi connectivity index (χ4v) is 4.69. The summed E-state index contributed by atoms with van der Waals surface area (Å²) in [6.45, 7) is 7.07. The van der Waals surface area contributed by atoms with E-state index in [2.05, 4.69) is 35.4 Å². The summed E-state index contributed by atoms with van der Waals surface area (Å²) in [5.74, 6) is 0.512. The molecule has 0 spiro atoms. The van der Waals surface area contributed by atoms with Crippen molar-refractivity contribution in [2.24, 2.45) is 17.6 Å². The standard InChI is InChI=1S/C26H34Cl2N4O2/c1-17(2)24(31-26(34)30-21-5-3-4-19(13-21)15-25(29)33)16-32-10-8-18(9-11-32)12-20-6-7-22(27)23(28)14-20/h3-7,13-14,17-18,24H,8-12,15-16H2,1-2H3,(H2,29,33)(H2,30,31,34)/t24-/m0/s1. The SMILES string of the molecule is CC(C)[C@H](CN1CCC(Cc2ccc(Cl)c(Cl)c2)CC1)NC(=O)Nc1cccc(CC(N)=O)c1. The van der Waals surface area contributed by atoms with E-state index < -0.39 is 5.91 Å². The van der Waals surface area contributed by atoms with Gasteiger partial charge in [0.1, 0.15) is 0 Å². The largest absolute Gasteiger partial charge is 0.369 e. The number of carbonyl (C=O) groups excluding carboxylic acids is 2. The first kappa shape index (κ1) is 26.3. The Bertz CT molecular complexity index is 991. The number of benzene rings is 2. The average molecular weight is 505 g/mol. The normalized spacial score (nSPS) is 15.8. The summed E-state index contributed by atoms with van der Waals surface area (Å²) in [5, 5.41) is 7.21. The Morgan fingerprint density at radius 2 is 1.79 bits per heavy atom. The molecule has 184 valence electrons. The van der Waals surface area contributed by atoms with Gasteiger partial charge in [-0.3, -0.25) is 4.79 Å². The Labute approximate surface area is 212 Å². The van der Waals surface area contributed by atoms with Gasteiger partial charge >= 0.3 is 6.03 Å². The first-order valence-corrected chi connectivity index (χ1v) is 12.6. The van der Waals surface area contributed by atoms with Crippen LogP contribution in [0.3, 0.4) is 0 Å². The third kappa shape index (κ3) is 8.19. The highest BCUT2D eigenvalue weighted by Crippen LogP contribution is 2.27. The predicted molar refractivity (Wildman–Crippen MR) is 139 cm³/mol.